The number of carbonyl (C=O) groups excluding carboxylic acids is 4. The quantitative estimate of drug-likeness (QED) is 0.686. The van der Waals surface area contributed by atoms with Gasteiger partial charge in [-0.25, -0.2) is 0 Å². The van der Waals surface area contributed by atoms with E-state index in [1.807, 2.05) is 0 Å². The van der Waals surface area contributed by atoms with Crippen molar-refractivity contribution in [2.24, 2.45) is 0 Å². The molecule has 1 atom stereocenters. The lowest BCUT2D eigenvalue weighted by molar-refractivity contribution is -0.136. The number of benzene rings is 1. The highest BCUT2D eigenvalue weighted by molar-refractivity contribution is 6.23. The van der Waals surface area contributed by atoms with Crippen LogP contribution in [0.4, 0.5) is 0 Å². The van der Waals surface area contributed by atoms with Crippen LogP contribution in [0, 0.1) is 0 Å². The van der Waals surface area contributed by atoms with Gasteiger partial charge < -0.3 is 10.1 Å². The predicted octanol–water partition coefficient (Wildman–Crippen LogP) is 0.535. The number of rotatable bonds is 1. The number of hydrogen-bond donors (Lipinski definition) is 2. The van der Waals surface area contributed by atoms with Gasteiger partial charge in [-0.1, -0.05) is 0 Å². The SMILES string of the molecule is O=C1CCC(N2C(=O)c3cc4c(cc3C2=O)OC2(CCNCC2)CC4)C(=O)N1. The van der Waals surface area contributed by atoms with E-state index in [9.17, 15) is 19.2 Å². The van der Waals surface area contributed by atoms with Crippen LogP contribution in [0.3, 0.4) is 0 Å². The molecule has 0 aliphatic carbocycles. The molecule has 2 saturated heterocycles. The van der Waals surface area contributed by atoms with E-state index < -0.39 is 23.8 Å². The van der Waals surface area contributed by atoms with Crippen molar-refractivity contribution in [2.45, 2.75) is 50.2 Å². The molecule has 8 nitrogen and oxygen atoms in total. The number of piperidine rings is 2. The topological polar surface area (TPSA) is 105 Å². The molecule has 1 aromatic rings. The molecule has 1 aromatic carbocycles. The number of nitrogens with one attached hydrogen (secondary N) is 2. The van der Waals surface area contributed by atoms with Crippen molar-refractivity contribution >= 4 is 23.6 Å². The lowest BCUT2D eigenvalue weighted by Gasteiger charge is -2.41. The maximum absolute atomic E-state index is 13.0. The highest BCUT2D eigenvalue weighted by Crippen LogP contribution is 2.41. The fraction of sp³-hybridized carbons (Fsp3) is 0.500. The van der Waals surface area contributed by atoms with Crippen LogP contribution >= 0.6 is 0 Å². The van der Waals surface area contributed by atoms with Crippen molar-refractivity contribution < 1.29 is 23.9 Å². The molecule has 28 heavy (non-hydrogen) atoms. The number of amides is 4. The number of hydrogen-bond acceptors (Lipinski definition) is 6. The average molecular weight is 383 g/mol. The molecule has 4 aliphatic rings. The van der Waals surface area contributed by atoms with Gasteiger partial charge >= 0.3 is 0 Å². The summed E-state index contributed by atoms with van der Waals surface area (Å²) in [6.45, 7) is 1.81. The van der Waals surface area contributed by atoms with Gasteiger partial charge in [0.1, 0.15) is 17.4 Å². The number of nitrogens with zero attached hydrogens (tertiary/aromatic N) is 1. The summed E-state index contributed by atoms with van der Waals surface area (Å²) in [5, 5.41) is 5.55. The molecule has 1 unspecified atom stereocenters. The van der Waals surface area contributed by atoms with Gasteiger partial charge in [-0.05, 0) is 62.9 Å². The molecule has 0 saturated carbocycles. The molecule has 5 rings (SSSR count). The van der Waals surface area contributed by atoms with Crippen LogP contribution in [0.1, 0.15) is 58.4 Å². The zero-order chi connectivity index (χ0) is 19.5. The highest BCUT2D eigenvalue weighted by Gasteiger charge is 2.46. The Kier molecular flexibility index (Phi) is 3.80. The molecule has 2 fully saturated rings. The monoisotopic (exact) mass is 383 g/mol. The summed E-state index contributed by atoms with van der Waals surface area (Å²) in [6.07, 6.45) is 3.78. The van der Waals surface area contributed by atoms with E-state index in [0.29, 0.717) is 11.3 Å². The van der Waals surface area contributed by atoms with Crippen molar-refractivity contribution in [1.82, 2.24) is 15.5 Å². The molecular weight excluding hydrogens is 362 g/mol. The van der Waals surface area contributed by atoms with Gasteiger partial charge in [0.25, 0.3) is 11.8 Å². The molecule has 8 heteroatoms. The van der Waals surface area contributed by atoms with Crippen molar-refractivity contribution in [3.8, 4) is 5.75 Å². The Labute approximate surface area is 161 Å². The van der Waals surface area contributed by atoms with Crippen LogP contribution in [0.2, 0.25) is 0 Å². The second-order valence-corrected chi connectivity index (χ2v) is 7.99. The summed E-state index contributed by atoms with van der Waals surface area (Å²) in [4.78, 5) is 50.4. The molecule has 1 spiro atoms. The zero-order valence-corrected chi connectivity index (χ0v) is 15.4. The largest absolute Gasteiger partial charge is 0.487 e. The molecule has 2 N–H and O–H groups in total. The van der Waals surface area contributed by atoms with E-state index in [4.69, 9.17) is 4.74 Å². The lowest BCUT2D eigenvalue weighted by atomic mass is 9.83. The summed E-state index contributed by atoms with van der Waals surface area (Å²) < 4.78 is 6.34. The Morgan fingerprint density at radius 3 is 2.39 bits per heavy atom. The van der Waals surface area contributed by atoms with Crippen LogP contribution in [0.5, 0.6) is 5.75 Å². The van der Waals surface area contributed by atoms with Crippen molar-refractivity contribution in [3.05, 3.63) is 28.8 Å². The maximum Gasteiger partial charge on any atom is 0.262 e. The summed E-state index contributed by atoms with van der Waals surface area (Å²) >= 11 is 0. The molecule has 0 bridgehead atoms. The van der Waals surface area contributed by atoms with E-state index in [2.05, 4.69) is 10.6 Å². The van der Waals surface area contributed by atoms with Crippen molar-refractivity contribution in [2.75, 3.05) is 13.1 Å². The highest BCUT2D eigenvalue weighted by atomic mass is 16.5. The van der Waals surface area contributed by atoms with Crippen LogP contribution in [-0.4, -0.2) is 53.3 Å². The van der Waals surface area contributed by atoms with Gasteiger partial charge in [0.2, 0.25) is 11.8 Å². The first-order valence-electron chi connectivity index (χ1n) is 9.76. The summed E-state index contributed by atoms with van der Waals surface area (Å²) in [5.41, 5.74) is 1.31. The fourth-order valence-electron chi connectivity index (χ4n) is 4.71. The first-order valence-corrected chi connectivity index (χ1v) is 9.76. The third-order valence-corrected chi connectivity index (χ3v) is 6.31. The second-order valence-electron chi connectivity index (χ2n) is 7.99. The Balaban J connectivity index is 1.47. The first-order chi connectivity index (χ1) is 13.5. The Morgan fingerprint density at radius 1 is 0.964 bits per heavy atom. The lowest BCUT2D eigenvalue weighted by Crippen LogP contribution is -2.54. The van der Waals surface area contributed by atoms with Crippen LogP contribution in [0.25, 0.3) is 0 Å². The van der Waals surface area contributed by atoms with Gasteiger partial charge in [-0.3, -0.25) is 29.4 Å². The molecular formula is C20H21N3O5. The number of ether oxygens (including phenoxy) is 1. The minimum Gasteiger partial charge on any atom is -0.487 e. The number of fused-ring (bicyclic) bond motifs is 2. The smallest absolute Gasteiger partial charge is 0.262 e. The van der Waals surface area contributed by atoms with Crippen LogP contribution < -0.4 is 15.4 Å². The minimum atomic E-state index is -0.946. The first kappa shape index (κ1) is 17.4. The van der Waals surface area contributed by atoms with Crippen molar-refractivity contribution in [1.29, 1.82) is 0 Å². The second kappa shape index (κ2) is 6.13. The Hall–Kier alpha value is -2.74. The van der Waals surface area contributed by atoms with Crippen molar-refractivity contribution in [3.63, 3.8) is 0 Å². The van der Waals surface area contributed by atoms with Gasteiger partial charge in [0.05, 0.1) is 11.1 Å². The van der Waals surface area contributed by atoms with E-state index in [-0.39, 0.29) is 29.9 Å². The molecule has 4 heterocycles. The van der Waals surface area contributed by atoms with Crippen LogP contribution in [0.15, 0.2) is 12.1 Å². The number of imide groups is 2. The average Bonchev–Trinajstić information content (AvgIpc) is 2.91. The van der Waals surface area contributed by atoms with E-state index in [1.54, 1.807) is 12.1 Å². The maximum atomic E-state index is 13.0. The standard InChI is InChI=1S/C20H21N3O5/c24-16-2-1-14(17(25)22-16)23-18(26)12-9-11-3-4-20(5-7-21-8-6-20)28-15(11)10-13(12)19(23)27/h9-10,14,21H,1-8H2,(H,22,24,25). The summed E-state index contributed by atoms with van der Waals surface area (Å²) in [7, 11) is 0. The van der Waals surface area contributed by atoms with Gasteiger partial charge in [0.15, 0.2) is 0 Å². The molecule has 146 valence electrons. The van der Waals surface area contributed by atoms with E-state index in [1.165, 1.54) is 0 Å². The third kappa shape index (κ3) is 2.55. The van der Waals surface area contributed by atoms with Crippen LogP contribution in [-0.2, 0) is 16.0 Å². The van der Waals surface area contributed by atoms with Gasteiger partial charge in [-0.15, -0.1) is 0 Å². The molecule has 4 amide bonds. The van der Waals surface area contributed by atoms with E-state index >= 15 is 0 Å². The molecule has 0 aromatic heterocycles. The zero-order valence-electron chi connectivity index (χ0n) is 15.4. The third-order valence-electron chi connectivity index (χ3n) is 6.31. The number of aryl methyl sites for hydroxylation is 1. The number of carbonyl (C=O) groups is 4. The predicted molar refractivity (Wildman–Crippen MR) is 96.9 cm³/mol. The Morgan fingerprint density at radius 2 is 1.68 bits per heavy atom. The van der Waals surface area contributed by atoms with Gasteiger partial charge in [-0.2, -0.15) is 0 Å². The normalized spacial score (nSPS) is 26.0. The molecule has 4 aliphatic heterocycles. The van der Waals surface area contributed by atoms with Gasteiger partial charge in [0, 0.05) is 6.42 Å². The molecule has 0 radical (unpaired) electrons. The minimum absolute atomic E-state index is 0.111. The van der Waals surface area contributed by atoms with E-state index in [0.717, 1.165) is 49.2 Å². The Bertz CT molecular complexity index is 919. The summed E-state index contributed by atoms with van der Waals surface area (Å²) in [6, 6.07) is 2.46. The fourth-order valence-corrected chi connectivity index (χ4v) is 4.71. The summed E-state index contributed by atoms with van der Waals surface area (Å²) in [5.74, 6) is -1.28.